The van der Waals surface area contributed by atoms with E-state index in [-0.39, 0.29) is 36.7 Å². The summed E-state index contributed by atoms with van der Waals surface area (Å²) in [5.74, 6) is -1.87. The van der Waals surface area contributed by atoms with Gasteiger partial charge in [0.25, 0.3) is 0 Å². The number of benzene rings is 2. The van der Waals surface area contributed by atoms with E-state index in [1.807, 2.05) is 13.8 Å². The molecule has 0 aliphatic rings. The lowest BCUT2D eigenvalue weighted by Crippen LogP contribution is -2.58. The molecule has 2 aromatic rings. The normalized spacial score (nSPS) is 15.8. The number of primary sulfonamides is 1. The number of nitrogens with zero attached hydrogens (tertiary/aromatic N) is 1. The summed E-state index contributed by atoms with van der Waals surface area (Å²) in [6.07, 6.45) is -0.507. The van der Waals surface area contributed by atoms with E-state index in [2.05, 4.69) is 0 Å². The minimum Gasteiger partial charge on any atom is -0.497 e. The summed E-state index contributed by atoms with van der Waals surface area (Å²) < 4.78 is 58.7. The molecule has 0 aromatic heterocycles. The van der Waals surface area contributed by atoms with Gasteiger partial charge in [-0.05, 0) is 42.2 Å². The third-order valence-electron chi connectivity index (χ3n) is 6.20. The second-order valence-corrected chi connectivity index (χ2v) is 13.3. The molecule has 0 fully saturated rings. The van der Waals surface area contributed by atoms with E-state index in [1.54, 1.807) is 30.3 Å². The van der Waals surface area contributed by atoms with E-state index in [1.165, 1.54) is 42.6 Å². The van der Waals surface area contributed by atoms with Gasteiger partial charge < -0.3 is 15.6 Å². The molecule has 2 unspecified atom stereocenters. The Morgan fingerprint density at radius 2 is 1.59 bits per heavy atom. The molecule has 2 rings (SSSR count). The third-order valence-corrected chi connectivity index (χ3v) is 9.63. The van der Waals surface area contributed by atoms with Gasteiger partial charge in [0.15, 0.2) is 0 Å². The first kappa shape index (κ1) is 30.7. The maximum Gasteiger partial charge on any atom is 0.243 e. The summed E-state index contributed by atoms with van der Waals surface area (Å²) >= 11 is 0. The molecule has 37 heavy (non-hydrogen) atoms. The van der Waals surface area contributed by atoms with Crippen LogP contribution in [0.15, 0.2) is 59.5 Å². The average Bonchev–Trinajstić information content (AvgIpc) is 2.81. The maximum atomic E-state index is 13.5. The average molecular weight is 556 g/mol. The van der Waals surface area contributed by atoms with Crippen molar-refractivity contribution >= 4 is 26.0 Å². The summed E-state index contributed by atoms with van der Waals surface area (Å²) in [6.45, 7) is 4.85. The zero-order valence-electron chi connectivity index (χ0n) is 21.6. The standard InChI is InChI=1S/C25H37N3O7S2/c1-18(2)17-28(37(33,34)22-12-10-21(35-4)11-13-22)15-14-25(30,16-20-8-6-5-7-9-20)23(36(27,31)32)19(3)24(26)29/h5-13,18-19,23,30H,14-17H2,1-4H3,(H2,26,29)(H2,27,31,32)/t19?,23?,25-/m0/s1. The van der Waals surface area contributed by atoms with Crippen LogP contribution in [-0.2, 0) is 31.3 Å². The van der Waals surface area contributed by atoms with Gasteiger partial charge in [-0.3, -0.25) is 4.79 Å². The minimum absolute atomic E-state index is 0.0223. The number of amides is 1. The lowest BCUT2D eigenvalue weighted by molar-refractivity contribution is -0.123. The fraction of sp³-hybridized carbons (Fsp3) is 0.480. The van der Waals surface area contributed by atoms with Crippen LogP contribution in [0.5, 0.6) is 5.75 Å². The van der Waals surface area contributed by atoms with Crippen molar-refractivity contribution < 1.29 is 31.5 Å². The Labute approximate surface area is 219 Å². The Hall–Kier alpha value is -2.51. The second-order valence-electron chi connectivity index (χ2n) is 9.65. The number of sulfonamides is 2. The Balaban J connectivity index is 2.53. The molecule has 3 atom stereocenters. The molecule has 12 heteroatoms. The maximum absolute atomic E-state index is 13.5. The molecule has 0 aliphatic carbocycles. The molecular weight excluding hydrogens is 518 g/mol. The van der Waals surface area contributed by atoms with Crippen LogP contribution in [-0.4, -0.2) is 63.2 Å². The Bertz CT molecular complexity index is 1250. The van der Waals surface area contributed by atoms with Crippen LogP contribution in [0.4, 0.5) is 0 Å². The number of primary amides is 1. The smallest absolute Gasteiger partial charge is 0.243 e. The van der Waals surface area contributed by atoms with E-state index in [4.69, 9.17) is 15.6 Å². The minimum atomic E-state index is -4.49. The second kappa shape index (κ2) is 12.4. The third kappa shape index (κ3) is 7.99. The zero-order valence-corrected chi connectivity index (χ0v) is 23.2. The number of hydrogen-bond donors (Lipinski definition) is 3. The van der Waals surface area contributed by atoms with Crippen molar-refractivity contribution in [3.63, 3.8) is 0 Å². The highest BCUT2D eigenvalue weighted by molar-refractivity contribution is 7.90. The lowest BCUT2D eigenvalue weighted by atomic mass is 9.82. The molecule has 206 valence electrons. The van der Waals surface area contributed by atoms with Gasteiger partial charge in [-0.1, -0.05) is 51.1 Å². The molecule has 1 amide bonds. The molecule has 0 aliphatic heterocycles. The zero-order chi connectivity index (χ0) is 28.0. The monoisotopic (exact) mass is 555 g/mol. The number of nitrogens with two attached hydrogens (primary N) is 2. The predicted octanol–water partition coefficient (Wildman–Crippen LogP) is 1.48. The summed E-state index contributed by atoms with van der Waals surface area (Å²) in [6, 6.07) is 14.5. The van der Waals surface area contributed by atoms with E-state index in [9.17, 15) is 26.7 Å². The number of carbonyl (C=O) groups is 1. The Morgan fingerprint density at radius 1 is 1.03 bits per heavy atom. The lowest BCUT2D eigenvalue weighted by Gasteiger charge is -2.38. The van der Waals surface area contributed by atoms with E-state index >= 15 is 0 Å². The Kier molecular flexibility index (Phi) is 10.3. The van der Waals surface area contributed by atoms with Crippen molar-refractivity contribution in [3.8, 4) is 5.75 Å². The first-order chi connectivity index (χ1) is 17.1. The van der Waals surface area contributed by atoms with Crippen LogP contribution >= 0.6 is 0 Å². The fourth-order valence-electron chi connectivity index (χ4n) is 4.42. The van der Waals surface area contributed by atoms with Crippen molar-refractivity contribution in [3.05, 3.63) is 60.2 Å². The molecule has 5 N–H and O–H groups in total. The quantitative estimate of drug-likeness (QED) is 0.317. The van der Waals surface area contributed by atoms with E-state index < -0.39 is 42.7 Å². The summed E-state index contributed by atoms with van der Waals surface area (Å²) in [7, 11) is -7.04. The van der Waals surface area contributed by atoms with Gasteiger partial charge >= 0.3 is 0 Å². The number of ether oxygens (including phenoxy) is 1. The van der Waals surface area contributed by atoms with Crippen LogP contribution in [0, 0.1) is 11.8 Å². The molecule has 0 saturated carbocycles. The highest BCUT2D eigenvalue weighted by Gasteiger charge is 2.49. The van der Waals surface area contributed by atoms with E-state index in [0.29, 0.717) is 11.3 Å². The topological polar surface area (TPSA) is 170 Å². The van der Waals surface area contributed by atoms with Crippen LogP contribution < -0.4 is 15.6 Å². The number of hydrogen-bond acceptors (Lipinski definition) is 7. The first-order valence-corrected chi connectivity index (χ1v) is 14.9. The van der Waals surface area contributed by atoms with Gasteiger partial charge in [0, 0.05) is 19.5 Å². The highest BCUT2D eigenvalue weighted by Crippen LogP contribution is 2.32. The fourth-order valence-corrected chi connectivity index (χ4v) is 7.54. The van der Waals surface area contributed by atoms with Crippen molar-refractivity contribution in [2.24, 2.45) is 22.7 Å². The Morgan fingerprint density at radius 3 is 2.05 bits per heavy atom. The van der Waals surface area contributed by atoms with Gasteiger partial charge in [-0.2, -0.15) is 4.31 Å². The van der Waals surface area contributed by atoms with Gasteiger partial charge in [0.2, 0.25) is 26.0 Å². The number of methoxy groups -OCH3 is 1. The van der Waals surface area contributed by atoms with Crippen molar-refractivity contribution in [1.29, 1.82) is 0 Å². The van der Waals surface area contributed by atoms with E-state index in [0.717, 1.165) is 0 Å². The summed E-state index contributed by atoms with van der Waals surface area (Å²) in [5, 5.41) is 15.6. The molecule has 0 bridgehead atoms. The number of rotatable bonds is 14. The van der Waals surface area contributed by atoms with Crippen LogP contribution in [0.1, 0.15) is 32.8 Å². The molecule has 10 nitrogen and oxygen atoms in total. The van der Waals surface area contributed by atoms with Gasteiger partial charge in [-0.15, -0.1) is 0 Å². The number of carbonyl (C=O) groups excluding carboxylic acids is 1. The summed E-state index contributed by atoms with van der Waals surface area (Å²) in [5.41, 5.74) is 3.91. The SMILES string of the molecule is COc1ccc(S(=O)(=O)N(CC[C@](O)(Cc2ccccc2)C(C(C)C(N)=O)S(N)(=O)=O)CC(C)C)cc1. The molecule has 2 aromatic carbocycles. The molecule has 0 spiro atoms. The number of aliphatic hydroxyl groups is 1. The van der Waals surface area contributed by atoms with Crippen LogP contribution in [0.3, 0.4) is 0 Å². The van der Waals surface area contributed by atoms with Gasteiger partial charge in [0.05, 0.1) is 23.5 Å². The van der Waals surface area contributed by atoms with Crippen molar-refractivity contribution in [2.75, 3.05) is 20.2 Å². The molecule has 0 radical (unpaired) electrons. The summed E-state index contributed by atoms with van der Waals surface area (Å²) in [4.78, 5) is 12.1. The first-order valence-electron chi connectivity index (χ1n) is 11.8. The molecular formula is C25H37N3O7S2. The molecule has 0 heterocycles. The van der Waals surface area contributed by atoms with Gasteiger partial charge in [0.1, 0.15) is 11.0 Å². The predicted molar refractivity (Wildman–Crippen MR) is 142 cm³/mol. The van der Waals surface area contributed by atoms with Crippen molar-refractivity contribution in [2.45, 2.75) is 49.4 Å². The highest BCUT2D eigenvalue weighted by atomic mass is 32.2. The molecule has 0 saturated heterocycles. The van der Waals surface area contributed by atoms with Crippen LogP contribution in [0.25, 0.3) is 0 Å². The van der Waals surface area contributed by atoms with Crippen molar-refractivity contribution in [1.82, 2.24) is 4.31 Å². The van der Waals surface area contributed by atoms with Crippen LogP contribution in [0.2, 0.25) is 0 Å². The van der Waals surface area contributed by atoms with Gasteiger partial charge in [-0.25, -0.2) is 22.0 Å². The largest absolute Gasteiger partial charge is 0.497 e.